The summed E-state index contributed by atoms with van der Waals surface area (Å²) in [6.45, 7) is 0.488. The molecular formula is C8H10Br2N2O. The molecule has 2 N–H and O–H groups in total. The minimum atomic E-state index is -0.139. The molecule has 0 spiro atoms. The molecule has 0 aliphatic carbocycles. The largest absolute Gasteiger partial charge is 0.383 e. The van der Waals surface area contributed by atoms with Crippen LogP contribution in [0.2, 0.25) is 0 Å². The highest BCUT2D eigenvalue weighted by Gasteiger charge is 2.10. The number of hydrogen-bond donors (Lipinski definition) is 1. The summed E-state index contributed by atoms with van der Waals surface area (Å²) < 4.78 is 6.50. The van der Waals surface area contributed by atoms with E-state index in [1.165, 1.54) is 0 Å². The van der Waals surface area contributed by atoms with Gasteiger partial charge in [-0.2, -0.15) is 0 Å². The van der Waals surface area contributed by atoms with E-state index in [4.69, 9.17) is 10.5 Å². The Hall–Kier alpha value is 0.0300. The van der Waals surface area contributed by atoms with Gasteiger partial charge < -0.3 is 10.5 Å². The molecule has 0 aromatic carbocycles. The maximum absolute atomic E-state index is 5.85. The first kappa shape index (κ1) is 11.1. The molecule has 0 radical (unpaired) electrons. The molecule has 13 heavy (non-hydrogen) atoms. The first-order valence-corrected chi connectivity index (χ1v) is 5.30. The second-order valence-corrected chi connectivity index (χ2v) is 4.14. The van der Waals surface area contributed by atoms with Crippen LogP contribution in [0.1, 0.15) is 11.6 Å². The number of ether oxygens (including phenoxy) is 1. The van der Waals surface area contributed by atoms with Gasteiger partial charge in [0, 0.05) is 12.7 Å². The summed E-state index contributed by atoms with van der Waals surface area (Å²) in [6, 6.07) is 3.64. The van der Waals surface area contributed by atoms with Crippen LogP contribution in [0.3, 0.4) is 0 Å². The summed E-state index contributed by atoms with van der Waals surface area (Å²) in [5.74, 6) is 0. The van der Waals surface area contributed by atoms with Gasteiger partial charge in [0.1, 0.15) is 9.21 Å². The van der Waals surface area contributed by atoms with Crippen LogP contribution in [0.5, 0.6) is 0 Å². The van der Waals surface area contributed by atoms with E-state index >= 15 is 0 Å². The van der Waals surface area contributed by atoms with Gasteiger partial charge in [0.2, 0.25) is 0 Å². The number of nitrogens with zero attached hydrogens (tertiary/aromatic N) is 1. The van der Waals surface area contributed by atoms with E-state index in [0.29, 0.717) is 6.61 Å². The van der Waals surface area contributed by atoms with Crippen molar-refractivity contribution in [3.8, 4) is 0 Å². The predicted octanol–water partition coefficient (Wildman–Crippen LogP) is 2.25. The molecule has 0 bridgehead atoms. The van der Waals surface area contributed by atoms with Gasteiger partial charge >= 0.3 is 0 Å². The van der Waals surface area contributed by atoms with Crippen molar-refractivity contribution >= 4 is 31.9 Å². The van der Waals surface area contributed by atoms with Gasteiger partial charge in [-0.05, 0) is 37.9 Å². The average molecular weight is 310 g/mol. The molecule has 5 heteroatoms. The third kappa shape index (κ3) is 3.02. The van der Waals surface area contributed by atoms with Gasteiger partial charge in [0.05, 0.1) is 12.6 Å². The molecule has 0 amide bonds. The Morgan fingerprint density at radius 2 is 2.23 bits per heavy atom. The fraction of sp³-hybridized carbons (Fsp3) is 0.375. The highest BCUT2D eigenvalue weighted by molar-refractivity contribution is 9.11. The maximum Gasteiger partial charge on any atom is 0.112 e. The summed E-state index contributed by atoms with van der Waals surface area (Å²) in [4.78, 5) is 4.17. The van der Waals surface area contributed by atoms with Crippen molar-refractivity contribution in [1.29, 1.82) is 0 Å². The van der Waals surface area contributed by atoms with Crippen LogP contribution >= 0.6 is 31.9 Å². The van der Waals surface area contributed by atoms with Crippen molar-refractivity contribution in [2.24, 2.45) is 5.73 Å². The summed E-state index contributed by atoms with van der Waals surface area (Å²) >= 11 is 6.61. The molecule has 0 saturated carbocycles. The molecule has 0 aliphatic heterocycles. The van der Waals surface area contributed by atoms with Crippen LogP contribution < -0.4 is 5.73 Å². The summed E-state index contributed by atoms with van der Waals surface area (Å²) in [6.07, 6.45) is 0. The fourth-order valence-electron chi connectivity index (χ4n) is 0.969. The predicted molar refractivity (Wildman–Crippen MR) is 58.4 cm³/mol. The number of halogens is 2. The number of nitrogens with two attached hydrogens (primary N) is 1. The number of methoxy groups -OCH3 is 1. The van der Waals surface area contributed by atoms with Gasteiger partial charge in [-0.1, -0.05) is 6.07 Å². The van der Waals surface area contributed by atoms with Gasteiger partial charge in [-0.3, -0.25) is 0 Å². The van der Waals surface area contributed by atoms with Crippen molar-refractivity contribution in [1.82, 2.24) is 4.98 Å². The lowest BCUT2D eigenvalue weighted by molar-refractivity contribution is 0.180. The van der Waals surface area contributed by atoms with Crippen molar-refractivity contribution in [2.45, 2.75) is 6.04 Å². The Kier molecular flexibility index (Phi) is 4.31. The van der Waals surface area contributed by atoms with Gasteiger partial charge in [-0.25, -0.2) is 4.98 Å². The monoisotopic (exact) mass is 308 g/mol. The third-order valence-corrected chi connectivity index (χ3v) is 2.67. The van der Waals surface area contributed by atoms with Crippen LogP contribution in [0.15, 0.2) is 21.3 Å². The van der Waals surface area contributed by atoms with E-state index in [1.54, 1.807) is 7.11 Å². The molecule has 72 valence electrons. The molecule has 1 heterocycles. The normalized spacial score (nSPS) is 12.9. The van der Waals surface area contributed by atoms with Crippen LogP contribution in [0.4, 0.5) is 0 Å². The van der Waals surface area contributed by atoms with E-state index in [1.807, 2.05) is 12.1 Å². The zero-order chi connectivity index (χ0) is 9.84. The van der Waals surface area contributed by atoms with Crippen molar-refractivity contribution < 1.29 is 4.74 Å². The first-order chi connectivity index (χ1) is 6.15. The maximum atomic E-state index is 5.85. The molecule has 1 atom stereocenters. The average Bonchev–Trinajstić information content (AvgIpc) is 2.04. The zero-order valence-corrected chi connectivity index (χ0v) is 10.3. The van der Waals surface area contributed by atoms with Crippen molar-refractivity contribution in [3.63, 3.8) is 0 Å². The van der Waals surface area contributed by atoms with Gasteiger partial charge in [0.25, 0.3) is 0 Å². The number of rotatable bonds is 3. The van der Waals surface area contributed by atoms with Crippen LogP contribution in [0, 0.1) is 0 Å². The molecular weight excluding hydrogens is 300 g/mol. The van der Waals surface area contributed by atoms with E-state index in [2.05, 4.69) is 36.8 Å². The summed E-state index contributed by atoms with van der Waals surface area (Å²) in [7, 11) is 1.63. The number of aromatic nitrogens is 1. The number of pyridine rings is 1. The smallest absolute Gasteiger partial charge is 0.112 e. The molecule has 1 aromatic heterocycles. The van der Waals surface area contributed by atoms with Crippen LogP contribution in [-0.4, -0.2) is 18.7 Å². The lowest BCUT2D eigenvalue weighted by atomic mass is 10.1. The Morgan fingerprint density at radius 1 is 1.54 bits per heavy atom. The van der Waals surface area contributed by atoms with Crippen LogP contribution in [0.25, 0.3) is 0 Å². The highest BCUT2D eigenvalue weighted by Crippen LogP contribution is 2.22. The molecule has 1 aromatic rings. The minimum Gasteiger partial charge on any atom is -0.383 e. The lowest BCUT2D eigenvalue weighted by Crippen LogP contribution is -2.16. The Labute approximate surface area is 93.9 Å². The van der Waals surface area contributed by atoms with Gasteiger partial charge in [-0.15, -0.1) is 0 Å². The molecule has 0 saturated heterocycles. The SMILES string of the molecule is COC[C@H](N)c1ccc(Br)nc1Br. The second-order valence-electron chi connectivity index (χ2n) is 2.58. The second kappa shape index (κ2) is 5.05. The molecule has 0 fully saturated rings. The summed E-state index contributed by atoms with van der Waals surface area (Å²) in [5, 5.41) is 0. The standard InChI is InChI=1S/C8H10Br2N2O/c1-13-4-6(11)5-2-3-7(9)12-8(5)10/h2-3,6H,4,11H2,1H3/t6-/m0/s1. The first-order valence-electron chi connectivity index (χ1n) is 3.71. The fourth-order valence-corrected chi connectivity index (χ4v) is 2.13. The van der Waals surface area contributed by atoms with E-state index in [-0.39, 0.29) is 6.04 Å². The minimum absolute atomic E-state index is 0.139. The lowest BCUT2D eigenvalue weighted by Gasteiger charge is -2.11. The van der Waals surface area contributed by atoms with Crippen molar-refractivity contribution in [3.05, 3.63) is 26.9 Å². The molecule has 1 rings (SSSR count). The quantitative estimate of drug-likeness (QED) is 0.871. The number of hydrogen-bond acceptors (Lipinski definition) is 3. The van der Waals surface area contributed by atoms with E-state index in [0.717, 1.165) is 14.8 Å². The summed E-state index contributed by atoms with van der Waals surface area (Å²) in [5.41, 5.74) is 6.80. The Morgan fingerprint density at radius 3 is 2.77 bits per heavy atom. The highest BCUT2D eigenvalue weighted by atomic mass is 79.9. The van der Waals surface area contributed by atoms with Gasteiger partial charge in [0.15, 0.2) is 0 Å². The topological polar surface area (TPSA) is 48.1 Å². The zero-order valence-electron chi connectivity index (χ0n) is 7.13. The van der Waals surface area contributed by atoms with E-state index < -0.39 is 0 Å². The molecule has 0 aliphatic rings. The van der Waals surface area contributed by atoms with Crippen LogP contribution in [-0.2, 0) is 4.74 Å². The van der Waals surface area contributed by atoms with Crippen molar-refractivity contribution in [2.75, 3.05) is 13.7 Å². The Bertz CT molecular complexity index is 293. The molecule has 0 unspecified atom stereocenters. The Balaban J connectivity index is 2.88. The van der Waals surface area contributed by atoms with E-state index in [9.17, 15) is 0 Å². The molecule has 3 nitrogen and oxygen atoms in total. The third-order valence-electron chi connectivity index (χ3n) is 1.59.